The monoisotopic (exact) mass is 579 g/mol. The van der Waals surface area contributed by atoms with E-state index in [0.717, 1.165) is 24.3 Å². The van der Waals surface area contributed by atoms with Crippen LogP contribution in [0.25, 0.3) is 0 Å². The number of hydrogen-bond acceptors (Lipinski definition) is 3. The van der Waals surface area contributed by atoms with Crippen molar-refractivity contribution in [2.75, 3.05) is 16.4 Å². The standard InChI is InChI=1S/C23H13Cl4F4N3O2/c24-11-3-1-8(7-10(11)21(35)34-14-6-5-13(29)20(32)19(14)31)33-22(36)16-15(23(16,26)27)9-2-4-12(28)17(25)18(9)30/h1-7,15-16H,32H2,(H,33,36)(H,34,35)/t15-,16+/m0/s1. The van der Waals surface area contributed by atoms with E-state index in [1.165, 1.54) is 18.2 Å². The Labute approximate surface area is 221 Å². The first kappa shape index (κ1) is 26.3. The third-order valence-corrected chi connectivity index (χ3v) is 7.21. The number of anilines is 3. The van der Waals surface area contributed by atoms with Crippen LogP contribution in [0.4, 0.5) is 34.6 Å². The molecule has 4 rings (SSSR count). The largest absolute Gasteiger partial charge is 0.394 e. The first-order valence-corrected chi connectivity index (χ1v) is 11.5. The summed E-state index contributed by atoms with van der Waals surface area (Å²) in [5.41, 5.74) is 3.92. The van der Waals surface area contributed by atoms with Crippen LogP contribution in [0, 0.1) is 29.2 Å². The Morgan fingerprint density at radius 1 is 0.889 bits per heavy atom. The van der Waals surface area contributed by atoms with Crippen LogP contribution in [0.2, 0.25) is 10.0 Å². The molecule has 0 bridgehead atoms. The number of carbonyl (C=O) groups is 2. The number of alkyl halides is 2. The Balaban J connectivity index is 1.54. The lowest BCUT2D eigenvalue weighted by Gasteiger charge is -2.11. The molecule has 13 heteroatoms. The maximum absolute atomic E-state index is 14.5. The SMILES string of the molecule is Nc1c(F)ccc(NC(=O)c2cc(NC(=O)[C@H]3[C@H](c4ccc(F)c(Cl)c4F)C3(Cl)Cl)ccc2Cl)c1F. The summed E-state index contributed by atoms with van der Waals surface area (Å²) in [5, 5.41) is 3.92. The maximum Gasteiger partial charge on any atom is 0.257 e. The molecule has 0 saturated heterocycles. The van der Waals surface area contributed by atoms with Gasteiger partial charge in [-0.3, -0.25) is 9.59 Å². The summed E-state index contributed by atoms with van der Waals surface area (Å²) in [6.07, 6.45) is 0. The number of nitrogens with two attached hydrogens (primary N) is 1. The van der Waals surface area contributed by atoms with E-state index in [9.17, 15) is 27.2 Å². The first-order chi connectivity index (χ1) is 16.8. The van der Waals surface area contributed by atoms with E-state index in [1.54, 1.807) is 0 Å². The molecule has 3 aromatic rings. The quantitative estimate of drug-likeness (QED) is 0.133. The number of rotatable bonds is 5. The highest BCUT2D eigenvalue weighted by Gasteiger charge is 2.68. The van der Waals surface area contributed by atoms with E-state index in [1.807, 2.05) is 0 Å². The number of nitrogens with one attached hydrogen (secondary N) is 2. The van der Waals surface area contributed by atoms with Gasteiger partial charge < -0.3 is 16.4 Å². The lowest BCUT2D eigenvalue weighted by Crippen LogP contribution is -2.18. The summed E-state index contributed by atoms with van der Waals surface area (Å²) < 4.78 is 53.8. The molecular weight excluding hydrogens is 568 g/mol. The molecule has 0 heterocycles. The van der Waals surface area contributed by atoms with Gasteiger partial charge in [0.15, 0.2) is 5.82 Å². The Kier molecular flexibility index (Phi) is 7.04. The van der Waals surface area contributed by atoms with Crippen molar-refractivity contribution in [3.8, 4) is 0 Å². The minimum Gasteiger partial charge on any atom is -0.394 e. The van der Waals surface area contributed by atoms with Gasteiger partial charge >= 0.3 is 0 Å². The van der Waals surface area contributed by atoms with Crippen LogP contribution in [0.1, 0.15) is 21.8 Å². The fourth-order valence-corrected chi connectivity index (χ4v) is 4.86. The Bertz CT molecular complexity index is 1420. The average molecular weight is 581 g/mol. The van der Waals surface area contributed by atoms with E-state index in [4.69, 9.17) is 52.1 Å². The molecular formula is C23H13Cl4F4N3O2. The van der Waals surface area contributed by atoms with Gasteiger partial charge in [-0.2, -0.15) is 0 Å². The molecule has 1 fully saturated rings. The van der Waals surface area contributed by atoms with Gasteiger partial charge in [0.1, 0.15) is 32.5 Å². The summed E-state index contributed by atoms with van der Waals surface area (Å²) >= 11 is 24.1. The zero-order chi connectivity index (χ0) is 26.5. The van der Waals surface area contributed by atoms with Gasteiger partial charge in [0.25, 0.3) is 5.91 Å². The number of benzene rings is 3. The molecule has 188 valence electrons. The molecule has 2 amide bonds. The van der Waals surface area contributed by atoms with Gasteiger partial charge in [-0.25, -0.2) is 17.6 Å². The summed E-state index contributed by atoms with van der Waals surface area (Å²) in [6.45, 7) is 0. The fraction of sp³-hybridized carbons (Fsp3) is 0.130. The molecule has 0 aromatic heterocycles. The lowest BCUT2D eigenvalue weighted by molar-refractivity contribution is -0.117. The van der Waals surface area contributed by atoms with Gasteiger partial charge in [-0.05, 0) is 42.0 Å². The summed E-state index contributed by atoms with van der Waals surface area (Å²) in [5.74, 6) is -8.00. The molecule has 1 aliphatic carbocycles. The fourth-order valence-electron chi connectivity index (χ4n) is 3.67. The summed E-state index contributed by atoms with van der Waals surface area (Å²) in [7, 11) is 0. The van der Waals surface area contributed by atoms with Crippen LogP contribution in [-0.4, -0.2) is 16.1 Å². The van der Waals surface area contributed by atoms with Crippen molar-refractivity contribution < 1.29 is 27.2 Å². The average Bonchev–Trinajstić information content (AvgIpc) is 3.40. The second-order valence-corrected chi connectivity index (χ2v) is 10.1. The van der Waals surface area contributed by atoms with Gasteiger partial charge in [-0.1, -0.05) is 29.3 Å². The molecule has 0 aliphatic heterocycles. The number of halogens is 8. The Morgan fingerprint density at radius 2 is 1.56 bits per heavy atom. The van der Waals surface area contributed by atoms with E-state index < -0.39 is 62.0 Å². The lowest BCUT2D eigenvalue weighted by atomic mass is 10.1. The predicted molar refractivity (Wildman–Crippen MR) is 131 cm³/mol. The maximum atomic E-state index is 14.5. The first-order valence-electron chi connectivity index (χ1n) is 10.0. The van der Waals surface area contributed by atoms with Gasteiger partial charge in [0.05, 0.1) is 22.2 Å². The molecule has 3 aromatic carbocycles. The van der Waals surface area contributed by atoms with E-state index in [-0.39, 0.29) is 27.5 Å². The van der Waals surface area contributed by atoms with E-state index in [0.29, 0.717) is 0 Å². The molecule has 2 atom stereocenters. The molecule has 0 radical (unpaired) electrons. The molecule has 4 N–H and O–H groups in total. The molecule has 0 spiro atoms. The highest BCUT2D eigenvalue weighted by atomic mass is 35.5. The number of amides is 2. The van der Waals surface area contributed by atoms with E-state index in [2.05, 4.69) is 10.6 Å². The van der Waals surface area contributed by atoms with Crippen molar-refractivity contribution in [3.05, 3.63) is 86.9 Å². The van der Waals surface area contributed by atoms with Crippen molar-refractivity contribution in [1.29, 1.82) is 0 Å². The van der Waals surface area contributed by atoms with Crippen molar-refractivity contribution in [2.45, 2.75) is 10.3 Å². The third kappa shape index (κ3) is 4.68. The minimum atomic E-state index is -1.71. The highest BCUT2D eigenvalue weighted by molar-refractivity contribution is 6.53. The molecule has 1 aliphatic rings. The van der Waals surface area contributed by atoms with Crippen LogP contribution >= 0.6 is 46.4 Å². The molecule has 1 saturated carbocycles. The number of nitrogen functional groups attached to an aromatic ring is 1. The second kappa shape index (κ2) is 9.63. The highest BCUT2D eigenvalue weighted by Crippen LogP contribution is 2.65. The van der Waals surface area contributed by atoms with Crippen molar-refractivity contribution in [3.63, 3.8) is 0 Å². The van der Waals surface area contributed by atoms with Gasteiger partial charge in [0, 0.05) is 11.6 Å². The molecule has 0 unspecified atom stereocenters. The Morgan fingerprint density at radius 3 is 2.25 bits per heavy atom. The van der Waals surface area contributed by atoms with Crippen LogP contribution in [0.5, 0.6) is 0 Å². The summed E-state index contributed by atoms with van der Waals surface area (Å²) in [6, 6.07) is 7.73. The predicted octanol–water partition coefficient (Wildman–Crippen LogP) is 6.91. The van der Waals surface area contributed by atoms with E-state index >= 15 is 0 Å². The van der Waals surface area contributed by atoms with Gasteiger partial charge in [-0.15, -0.1) is 23.2 Å². The number of carbonyl (C=O) groups excluding carboxylic acids is 2. The van der Waals surface area contributed by atoms with Crippen molar-refractivity contribution in [2.24, 2.45) is 5.92 Å². The van der Waals surface area contributed by atoms with Crippen LogP contribution < -0.4 is 16.4 Å². The smallest absolute Gasteiger partial charge is 0.257 e. The molecule has 36 heavy (non-hydrogen) atoms. The summed E-state index contributed by atoms with van der Waals surface area (Å²) in [4.78, 5) is 25.5. The van der Waals surface area contributed by atoms with Crippen molar-refractivity contribution >= 4 is 75.3 Å². The minimum absolute atomic E-state index is 0.0441. The van der Waals surface area contributed by atoms with Crippen LogP contribution in [0.3, 0.4) is 0 Å². The zero-order valence-corrected chi connectivity index (χ0v) is 20.6. The van der Waals surface area contributed by atoms with Crippen LogP contribution in [-0.2, 0) is 4.79 Å². The van der Waals surface area contributed by atoms with Gasteiger partial charge in [0.2, 0.25) is 5.91 Å². The topological polar surface area (TPSA) is 84.2 Å². The third-order valence-electron chi connectivity index (χ3n) is 5.59. The number of hydrogen-bond donors (Lipinski definition) is 3. The zero-order valence-electron chi connectivity index (χ0n) is 17.6. The molecule has 5 nitrogen and oxygen atoms in total. The van der Waals surface area contributed by atoms with Crippen molar-refractivity contribution in [1.82, 2.24) is 0 Å². The van der Waals surface area contributed by atoms with Crippen LogP contribution in [0.15, 0.2) is 42.5 Å². The second-order valence-electron chi connectivity index (χ2n) is 7.86. The Hall–Kier alpha value is -2.72. The normalized spacial score (nSPS) is 18.0.